The summed E-state index contributed by atoms with van der Waals surface area (Å²) < 4.78 is 0. The maximum absolute atomic E-state index is 12.8. The highest BCUT2D eigenvalue weighted by Crippen LogP contribution is 2.32. The number of anilines is 1. The van der Waals surface area contributed by atoms with E-state index in [9.17, 15) is 24.0 Å². The Labute approximate surface area is 333 Å². The maximum Gasteiger partial charge on any atom is 0.228 e. The normalized spacial score (nSPS) is 12.1. The number of alkyl halides is 1. The number of rotatable bonds is 11. The van der Waals surface area contributed by atoms with Crippen molar-refractivity contribution in [3.8, 4) is 0 Å². The summed E-state index contributed by atoms with van der Waals surface area (Å²) in [6.45, 7) is 10.8. The van der Waals surface area contributed by atoms with Crippen LogP contribution in [0.3, 0.4) is 0 Å². The first-order valence-electron chi connectivity index (χ1n) is 17.2. The highest BCUT2D eigenvalue weighted by molar-refractivity contribution is 6.37. The molecule has 4 aromatic carbocycles. The Balaban J connectivity index is 0.000000226. The second kappa shape index (κ2) is 20.3. The van der Waals surface area contributed by atoms with E-state index in [0.717, 1.165) is 23.2 Å². The molecule has 1 atom stereocenters. The van der Waals surface area contributed by atoms with Crippen LogP contribution in [0.2, 0.25) is 10.0 Å². The van der Waals surface area contributed by atoms with Gasteiger partial charge in [-0.25, -0.2) is 0 Å². The minimum Gasteiger partial charge on any atom is -0.325 e. The third-order valence-corrected chi connectivity index (χ3v) is 9.38. The highest BCUT2D eigenvalue weighted by Gasteiger charge is 2.32. The van der Waals surface area contributed by atoms with Crippen LogP contribution in [0.25, 0.3) is 0 Å². The molecule has 0 spiro atoms. The number of hydrogen-bond acceptors (Lipinski definition) is 7. The third-order valence-electron chi connectivity index (χ3n) is 8.37. The number of hydrogen-bond donors (Lipinski definition) is 1. The number of nitrogens with one attached hydrogen (secondary N) is 1. The van der Waals surface area contributed by atoms with Crippen molar-refractivity contribution in [1.82, 2.24) is 9.80 Å². The van der Waals surface area contributed by atoms with Gasteiger partial charge in [0, 0.05) is 69.7 Å². The predicted molar refractivity (Wildman–Crippen MR) is 220 cm³/mol. The van der Waals surface area contributed by atoms with Gasteiger partial charge in [0.1, 0.15) is 0 Å². The quantitative estimate of drug-likeness (QED) is 0.0810. The van der Waals surface area contributed by atoms with Crippen LogP contribution >= 0.6 is 34.8 Å². The summed E-state index contributed by atoms with van der Waals surface area (Å²) in [6.07, 6.45) is 0.467. The van der Waals surface area contributed by atoms with Gasteiger partial charge in [-0.3, -0.25) is 24.0 Å². The zero-order chi connectivity index (χ0) is 40.3. The lowest BCUT2D eigenvalue weighted by Gasteiger charge is -2.20. The van der Waals surface area contributed by atoms with Gasteiger partial charge in [0.05, 0.1) is 16.3 Å². The first kappa shape index (κ1) is 44.0. The molecule has 0 saturated heterocycles. The van der Waals surface area contributed by atoms with Gasteiger partial charge < -0.3 is 15.1 Å². The Kier molecular flexibility index (Phi) is 16.5. The van der Waals surface area contributed by atoms with Crippen molar-refractivity contribution in [2.24, 2.45) is 5.92 Å². The molecule has 0 saturated carbocycles. The molecule has 0 aromatic heterocycles. The summed E-state index contributed by atoms with van der Waals surface area (Å²) in [5.74, 6) is -0.875. The molecular weight excluding hydrogens is 745 g/mol. The van der Waals surface area contributed by atoms with Gasteiger partial charge in [0.2, 0.25) is 5.91 Å². The Bertz CT molecular complexity index is 2060. The van der Waals surface area contributed by atoms with Crippen molar-refractivity contribution >= 4 is 69.5 Å². The molecule has 0 bridgehead atoms. The summed E-state index contributed by atoms with van der Waals surface area (Å²) in [6, 6.07) is 22.4. The SMILES string of the molecule is C=C(CN(C)C)C(=O)c1cc(C)ccc1C.CC(CCl)C(=O)Nc1cccc2c1C(=O)c1ccccc1C2=O.CN(C)CCC(=O)c1ccc(Cl)cc1Cl. The van der Waals surface area contributed by atoms with E-state index in [1.807, 2.05) is 70.0 Å². The fraction of sp³-hybridized carbons (Fsp3) is 0.279. The van der Waals surface area contributed by atoms with E-state index < -0.39 is 5.92 Å². The van der Waals surface area contributed by atoms with Gasteiger partial charge in [0.15, 0.2) is 23.1 Å². The second-order valence-electron chi connectivity index (χ2n) is 13.6. The van der Waals surface area contributed by atoms with Gasteiger partial charge in [-0.1, -0.05) is 90.8 Å². The Morgan fingerprint density at radius 2 is 1.41 bits per heavy atom. The molecule has 4 aromatic rings. The van der Waals surface area contributed by atoms with Gasteiger partial charge in [0.25, 0.3) is 0 Å². The molecule has 1 amide bonds. The molecule has 284 valence electrons. The van der Waals surface area contributed by atoms with Crippen LogP contribution in [-0.2, 0) is 4.79 Å². The fourth-order valence-corrected chi connectivity index (χ4v) is 6.03. The fourth-order valence-electron chi connectivity index (χ4n) is 5.38. The molecule has 0 radical (unpaired) electrons. The molecule has 1 aliphatic carbocycles. The first-order valence-corrected chi connectivity index (χ1v) is 18.5. The average Bonchev–Trinajstić information content (AvgIpc) is 3.13. The predicted octanol–water partition coefficient (Wildman–Crippen LogP) is 9.01. The summed E-state index contributed by atoms with van der Waals surface area (Å²) in [4.78, 5) is 65.2. The average molecular weight is 791 g/mol. The lowest BCUT2D eigenvalue weighted by molar-refractivity contribution is -0.118. The molecule has 1 aliphatic rings. The van der Waals surface area contributed by atoms with E-state index in [2.05, 4.69) is 11.9 Å². The summed E-state index contributed by atoms with van der Waals surface area (Å²) in [5, 5.41) is 3.67. The molecule has 0 fully saturated rings. The summed E-state index contributed by atoms with van der Waals surface area (Å²) in [5.41, 5.74) is 5.71. The van der Waals surface area contributed by atoms with Crippen molar-refractivity contribution in [3.63, 3.8) is 0 Å². The van der Waals surface area contributed by atoms with Crippen LogP contribution in [0.15, 0.2) is 91.0 Å². The van der Waals surface area contributed by atoms with E-state index in [-0.39, 0.29) is 40.5 Å². The molecular formula is C43H46Cl3N3O5. The van der Waals surface area contributed by atoms with Gasteiger partial charge in [-0.15, -0.1) is 11.6 Å². The Morgan fingerprint density at radius 1 is 0.778 bits per heavy atom. The minimum atomic E-state index is -0.394. The summed E-state index contributed by atoms with van der Waals surface area (Å²) in [7, 11) is 7.72. The highest BCUT2D eigenvalue weighted by atomic mass is 35.5. The standard InChI is InChI=1S/C18H14ClNO3.C14H19NO.C11H13Cl2NO/c1-10(9-19)18(23)20-14-8-4-7-13-15(14)17(22)12-6-3-2-5-11(12)16(13)21;1-10-6-7-11(2)13(8-10)14(16)12(3)9-15(4)5;1-14(2)6-5-11(15)9-4-3-8(12)7-10(9)13/h2-8,10H,9H2,1H3,(H,20,23);6-8H,3,9H2,1-2,4-5H3;3-4,7H,5-6H2,1-2H3. The number of nitrogens with zero attached hydrogens (tertiary/aromatic N) is 2. The van der Waals surface area contributed by atoms with Crippen LogP contribution in [0.5, 0.6) is 0 Å². The number of carbonyl (C=O) groups excluding carboxylic acids is 5. The molecule has 11 heteroatoms. The lowest BCUT2D eigenvalue weighted by atomic mass is 9.83. The van der Waals surface area contributed by atoms with E-state index in [1.54, 1.807) is 67.6 Å². The van der Waals surface area contributed by atoms with Gasteiger partial charge in [-0.2, -0.15) is 0 Å². The second-order valence-corrected chi connectivity index (χ2v) is 14.7. The zero-order valence-electron chi connectivity index (χ0n) is 31.7. The molecule has 8 nitrogen and oxygen atoms in total. The van der Waals surface area contributed by atoms with Crippen molar-refractivity contribution in [1.29, 1.82) is 0 Å². The molecule has 1 unspecified atom stereocenters. The lowest BCUT2D eigenvalue weighted by Crippen LogP contribution is -2.26. The number of aryl methyl sites for hydroxylation is 2. The van der Waals surface area contributed by atoms with Crippen molar-refractivity contribution in [3.05, 3.63) is 146 Å². The number of ketones is 4. The van der Waals surface area contributed by atoms with Crippen LogP contribution in [0, 0.1) is 19.8 Å². The maximum atomic E-state index is 12.8. The van der Waals surface area contributed by atoms with Gasteiger partial charge >= 0.3 is 0 Å². The number of amides is 1. The topological polar surface area (TPSA) is 104 Å². The number of halogens is 3. The number of benzene rings is 4. The smallest absolute Gasteiger partial charge is 0.228 e. The largest absolute Gasteiger partial charge is 0.325 e. The number of carbonyl (C=O) groups is 5. The number of likely N-dealkylation sites (N-methyl/N-ethyl adjacent to an activating group) is 1. The minimum absolute atomic E-state index is 0.0466. The third kappa shape index (κ3) is 11.8. The molecule has 1 N–H and O–H groups in total. The Hall–Kier alpha value is -4.44. The first-order chi connectivity index (χ1) is 25.5. The van der Waals surface area contributed by atoms with Crippen LogP contribution in [0.4, 0.5) is 5.69 Å². The summed E-state index contributed by atoms with van der Waals surface area (Å²) >= 11 is 17.4. The molecule has 5 rings (SSSR count). The number of Topliss-reactive ketones (excluding diaryl/α,β-unsaturated/α-hetero) is 2. The molecule has 0 aliphatic heterocycles. The van der Waals surface area contributed by atoms with Crippen LogP contribution < -0.4 is 5.32 Å². The molecule has 0 heterocycles. The monoisotopic (exact) mass is 789 g/mol. The Morgan fingerprint density at radius 3 is 2.00 bits per heavy atom. The zero-order valence-corrected chi connectivity index (χ0v) is 34.0. The van der Waals surface area contributed by atoms with Crippen molar-refractivity contribution in [2.45, 2.75) is 27.2 Å². The van der Waals surface area contributed by atoms with Crippen LogP contribution in [-0.4, -0.2) is 86.0 Å². The van der Waals surface area contributed by atoms with Crippen molar-refractivity contribution in [2.75, 3.05) is 52.5 Å². The number of fused-ring (bicyclic) bond motifs is 2. The van der Waals surface area contributed by atoms with E-state index in [0.29, 0.717) is 56.5 Å². The molecule has 54 heavy (non-hydrogen) atoms. The van der Waals surface area contributed by atoms with E-state index >= 15 is 0 Å². The van der Waals surface area contributed by atoms with Crippen LogP contribution in [0.1, 0.15) is 77.0 Å². The van der Waals surface area contributed by atoms with Crippen molar-refractivity contribution < 1.29 is 24.0 Å². The van der Waals surface area contributed by atoms with Gasteiger partial charge in [-0.05, 0) is 77.9 Å². The van der Waals surface area contributed by atoms with E-state index in [1.165, 1.54) is 0 Å². The van der Waals surface area contributed by atoms with E-state index in [4.69, 9.17) is 34.8 Å².